The summed E-state index contributed by atoms with van der Waals surface area (Å²) in [6.45, 7) is 0.470. The lowest BCUT2D eigenvalue weighted by atomic mass is 10.0. The minimum Gasteiger partial charge on any atom is -0.440 e. The summed E-state index contributed by atoms with van der Waals surface area (Å²) in [6.07, 6.45) is -7.11. The molecule has 2 heterocycles. The Balaban J connectivity index is 1.34. The molecule has 1 unspecified atom stereocenters. The molecule has 0 radical (unpaired) electrons. The minimum absolute atomic E-state index is 0.00600. The first-order valence-corrected chi connectivity index (χ1v) is 12.5. The molecule has 1 amide bonds. The number of fused-ring (bicyclic) bond motifs is 1. The fraction of sp³-hybridized carbons (Fsp3) is 0.370. The number of benzene rings is 2. The molecule has 14 heteroatoms. The average Bonchev–Trinajstić information content (AvgIpc) is 3.33. The molecule has 0 saturated carbocycles. The molecule has 1 aliphatic heterocycles. The lowest BCUT2D eigenvalue weighted by Gasteiger charge is -2.15. The van der Waals surface area contributed by atoms with Crippen molar-refractivity contribution in [2.75, 3.05) is 57.7 Å². The van der Waals surface area contributed by atoms with Crippen LogP contribution in [0.3, 0.4) is 0 Å². The number of aromatic amines is 1. The van der Waals surface area contributed by atoms with Gasteiger partial charge in [0.05, 0.1) is 45.1 Å². The topological polar surface area (TPSA) is 137 Å². The van der Waals surface area contributed by atoms with E-state index in [-0.39, 0.29) is 69.4 Å². The number of rotatable bonds is 12. The maximum absolute atomic E-state index is 13.5. The van der Waals surface area contributed by atoms with Crippen molar-refractivity contribution in [1.82, 2.24) is 4.98 Å². The third kappa shape index (κ3) is 7.74. The van der Waals surface area contributed by atoms with Crippen LogP contribution in [0.1, 0.15) is 5.56 Å². The van der Waals surface area contributed by atoms with E-state index >= 15 is 0 Å². The number of aromatic nitrogens is 1. The highest BCUT2D eigenvalue weighted by atomic mass is 19.4. The van der Waals surface area contributed by atoms with Crippen LogP contribution in [0.5, 0.6) is 0 Å². The molecular formula is C27H27F3N2O9. The first-order chi connectivity index (χ1) is 19.7. The summed E-state index contributed by atoms with van der Waals surface area (Å²) in [7, 11) is 0. The number of carbonyl (C=O) groups excluding carboxylic acids is 2. The van der Waals surface area contributed by atoms with Gasteiger partial charge in [-0.15, -0.1) is 0 Å². The van der Waals surface area contributed by atoms with Gasteiger partial charge in [-0.05, 0) is 29.7 Å². The van der Waals surface area contributed by atoms with Gasteiger partial charge >= 0.3 is 18.4 Å². The van der Waals surface area contributed by atoms with Gasteiger partial charge < -0.3 is 33.8 Å². The van der Waals surface area contributed by atoms with Gasteiger partial charge in [0, 0.05) is 22.3 Å². The molecule has 1 atom stereocenters. The number of aliphatic hydroxyl groups is 1. The van der Waals surface area contributed by atoms with E-state index < -0.39 is 35.7 Å². The summed E-state index contributed by atoms with van der Waals surface area (Å²) in [5.74, 6) is 0. The number of nitrogens with zero attached hydrogens (tertiary/aromatic N) is 1. The zero-order valence-electron chi connectivity index (χ0n) is 21.6. The van der Waals surface area contributed by atoms with E-state index in [9.17, 15) is 27.6 Å². The molecule has 220 valence electrons. The molecule has 0 bridgehead atoms. The number of carbonyl (C=O) groups is 2. The van der Waals surface area contributed by atoms with Gasteiger partial charge in [-0.25, -0.2) is 9.59 Å². The number of H-pyrrole nitrogens is 1. The fourth-order valence-electron chi connectivity index (χ4n) is 4.12. The van der Waals surface area contributed by atoms with Crippen molar-refractivity contribution in [1.29, 1.82) is 0 Å². The third-order valence-electron chi connectivity index (χ3n) is 5.98. The van der Waals surface area contributed by atoms with Crippen LogP contribution in [0.25, 0.3) is 22.0 Å². The molecular weight excluding hydrogens is 553 g/mol. The van der Waals surface area contributed by atoms with Crippen LogP contribution in [0.4, 0.5) is 28.4 Å². The Morgan fingerprint density at radius 2 is 1.73 bits per heavy atom. The normalized spacial score (nSPS) is 15.3. The Morgan fingerprint density at radius 3 is 2.49 bits per heavy atom. The third-order valence-corrected chi connectivity index (χ3v) is 5.98. The smallest absolute Gasteiger partial charge is 0.440 e. The predicted octanol–water partition coefficient (Wildman–Crippen LogP) is 3.72. The van der Waals surface area contributed by atoms with Crippen molar-refractivity contribution in [3.63, 3.8) is 0 Å². The molecule has 1 aromatic heterocycles. The summed E-state index contributed by atoms with van der Waals surface area (Å²) >= 11 is 0. The molecule has 1 saturated heterocycles. The number of nitrogens with one attached hydrogen (secondary N) is 1. The largest absolute Gasteiger partial charge is 0.508 e. The maximum Gasteiger partial charge on any atom is 0.508 e. The van der Waals surface area contributed by atoms with E-state index in [1.54, 1.807) is 0 Å². The first kappa shape index (κ1) is 29.8. The fourth-order valence-corrected chi connectivity index (χ4v) is 4.12. The number of anilines is 1. The van der Waals surface area contributed by atoms with Crippen molar-refractivity contribution >= 4 is 28.7 Å². The van der Waals surface area contributed by atoms with Crippen molar-refractivity contribution in [3.8, 4) is 11.3 Å². The number of alkyl halides is 3. The van der Waals surface area contributed by atoms with E-state index in [1.165, 1.54) is 47.4 Å². The number of amides is 1. The molecule has 41 heavy (non-hydrogen) atoms. The molecule has 11 nitrogen and oxygen atoms in total. The maximum atomic E-state index is 13.5. The SMILES string of the molecule is O=C(OCCOCCOCCO)OCC1CN(c2ccc3cc(-c4ccccc4C(F)(F)F)[nH]c(=O)c3c2)C(=O)O1. The number of aliphatic hydroxyl groups excluding tert-OH is 1. The number of pyridine rings is 1. The Hall–Kier alpha value is -4.14. The molecule has 3 aromatic rings. The van der Waals surface area contributed by atoms with Gasteiger partial charge in [-0.2, -0.15) is 13.2 Å². The summed E-state index contributed by atoms with van der Waals surface area (Å²) < 4.78 is 65.7. The van der Waals surface area contributed by atoms with E-state index in [1.807, 2.05) is 0 Å². The minimum atomic E-state index is -4.61. The number of hydrogen-bond donors (Lipinski definition) is 2. The van der Waals surface area contributed by atoms with E-state index in [2.05, 4.69) is 4.98 Å². The van der Waals surface area contributed by atoms with E-state index in [0.29, 0.717) is 11.1 Å². The van der Waals surface area contributed by atoms with Gasteiger partial charge in [0.1, 0.15) is 13.2 Å². The Labute approximate surface area is 231 Å². The second kappa shape index (κ2) is 13.5. The summed E-state index contributed by atoms with van der Waals surface area (Å²) in [6, 6.07) is 10.9. The van der Waals surface area contributed by atoms with Crippen LogP contribution in [0.2, 0.25) is 0 Å². The quantitative estimate of drug-likeness (QED) is 0.243. The van der Waals surface area contributed by atoms with Crippen LogP contribution in [-0.4, -0.2) is 81.2 Å². The van der Waals surface area contributed by atoms with Crippen molar-refractivity contribution in [2.45, 2.75) is 12.3 Å². The highest BCUT2D eigenvalue weighted by Gasteiger charge is 2.35. The van der Waals surface area contributed by atoms with Crippen LogP contribution in [-0.2, 0) is 29.9 Å². The second-order valence-corrected chi connectivity index (χ2v) is 8.80. The zero-order chi connectivity index (χ0) is 29.4. The van der Waals surface area contributed by atoms with Gasteiger partial charge in [0.2, 0.25) is 0 Å². The monoisotopic (exact) mass is 580 g/mol. The van der Waals surface area contributed by atoms with Crippen molar-refractivity contribution in [3.05, 3.63) is 64.4 Å². The lowest BCUT2D eigenvalue weighted by molar-refractivity contribution is -0.137. The Bertz CT molecular complexity index is 1430. The molecule has 1 aliphatic rings. The second-order valence-electron chi connectivity index (χ2n) is 8.80. The molecule has 1 fully saturated rings. The standard InChI is InChI=1S/C27H27F3N2O9/c28-27(29,30)22-4-2-1-3-20(22)23-13-17-5-6-18(14-21(17)24(34)31-23)32-15-19(41-25(32)35)16-40-26(36)39-12-11-38-10-9-37-8-7-33/h1-6,13-14,19,33H,7-12,15-16H2,(H,31,34). The highest BCUT2D eigenvalue weighted by Crippen LogP contribution is 2.36. The van der Waals surface area contributed by atoms with E-state index in [0.717, 1.165) is 6.07 Å². The predicted molar refractivity (Wildman–Crippen MR) is 139 cm³/mol. The Kier molecular flexibility index (Phi) is 9.81. The van der Waals surface area contributed by atoms with Crippen LogP contribution < -0.4 is 10.5 Å². The molecule has 0 aliphatic carbocycles. The molecule has 0 spiro atoms. The van der Waals surface area contributed by atoms with Crippen LogP contribution in [0, 0.1) is 0 Å². The van der Waals surface area contributed by atoms with Gasteiger partial charge in [0.25, 0.3) is 5.56 Å². The number of halogens is 3. The number of ether oxygens (including phenoxy) is 5. The lowest BCUT2D eigenvalue weighted by Crippen LogP contribution is -2.27. The highest BCUT2D eigenvalue weighted by molar-refractivity contribution is 5.94. The van der Waals surface area contributed by atoms with E-state index in [4.69, 9.17) is 28.8 Å². The summed E-state index contributed by atoms with van der Waals surface area (Å²) in [5.41, 5.74) is -1.34. The molecule has 2 aromatic carbocycles. The zero-order valence-corrected chi connectivity index (χ0v) is 21.6. The van der Waals surface area contributed by atoms with Crippen molar-refractivity contribution in [2.24, 2.45) is 0 Å². The van der Waals surface area contributed by atoms with Gasteiger partial charge in [-0.3, -0.25) is 9.69 Å². The van der Waals surface area contributed by atoms with Crippen molar-refractivity contribution < 1.29 is 51.6 Å². The van der Waals surface area contributed by atoms with Crippen LogP contribution in [0.15, 0.2) is 53.3 Å². The number of hydrogen-bond acceptors (Lipinski definition) is 9. The Morgan fingerprint density at radius 1 is 1.00 bits per heavy atom. The van der Waals surface area contributed by atoms with Gasteiger partial charge in [0.15, 0.2) is 6.10 Å². The average molecular weight is 581 g/mol. The number of cyclic esters (lactones) is 1. The first-order valence-electron chi connectivity index (χ1n) is 12.5. The van der Waals surface area contributed by atoms with Crippen LogP contribution >= 0.6 is 0 Å². The summed E-state index contributed by atoms with van der Waals surface area (Å²) in [5, 5.41) is 9.13. The summed E-state index contributed by atoms with van der Waals surface area (Å²) in [4.78, 5) is 40.8. The molecule has 2 N–H and O–H groups in total. The molecule has 4 rings (SSSR count). The van der Waals surface area contributed by atoms with Gasteiger partial charge in [-0.1, -0.05) is 24.3 Å².